The molecule has 0 radical (unpaired) electrons. The van der Waals surface area contributed by atoms with E-state index in [0.717, 1.165) is 50.7 Å². The fourth-order valence-corrected chi connectivity index (χ4v) is 3.31. The first-order valence-corrected chi connectivity index (χ1v) is 9.11. The molecule has 0 aliphatic carbocycles. The van der Waals surface area contributed by atoms with E-state index < -0.39 is 0 Å². The SMILES string of the molecule is CN(C)c1cc(CNC(=O)N2CCN(CC3CCCO3)CC2)ccn1. The lowest BCUT2D eigenvalue weighted by Gasteiger charge is -2.35. The van der Waals surface area contributed by atoms with Crippen molar-refractivity contribution in [2.24, 2.45) is 0 Å². The molecule has 0 spiro atoms. The number of hydrogen-bond acceptors (Lipinski definition) is 5. The summed E-state index contributed by atoms with van der Waals surface area (Å²) in [5.74, 6) is 0.898. The molecule has 2 fully saturated rings. The zero-order chi connectivity index (χ0) is 17.6. The van der Waals surface area contributed by atoms with Gasteiger partial charge >= 0.3 is 6.03 Å². The van der Waals surface area contributed by atoms with Gasteiger partial charge in [-0.3, -0.25) is 4.90 Å². The normalized spacial score (nSPS) is 21.4. The van der Waals surface area contributed by atoms with Crippen molar-refractivity contribution in [1.82, 2.24) is 20.1 Å². The molecule has 1 aromatic rings. The van der Waals surface area contributed by atoms with Crippen LogP contribution in [-0.4, -0.2) is 80.3 Å². The molecule has 7 heteroatoms. The summed E-state index contributed by atoms with van der Waals surface area (Å²) in [4.78, 5) is 22.9. The molecule has 2 aliphatic heterocycles. The first-order chi connectivity index (χ1) is 12.1. The molecule has 0 bridgehead atoms. The minimum absolute atomic E-state index is 0.0139. The van der Waals surface area contributed by atoms with Crippen molar-refractivity contribution >= 4 is 11.8 Å². The molecular weight excluding hydrogens is 318 g/mol. The van der Waals surface area contributed by atoms with Gasteiger partial charge in [-0.1, -0.05) is 0 Å². The summed E-state index contributed by atoms with van der Waals surface area (Å²) >= 11 is 0. The van der Waals surface area contributed by atoms with E-state index in [0.29, 0.717) is 12.6 Å². The van der Waals surface area contributed by atoms with Gasteiger partial charge in [0.25, 0.3) is 0 Å². The predicted molar refractivity (Wildman–Crippen MR) is 97.8 cm³/mol. The Hall–Kier alpha value is -1.86. The standard InChI is InChI=1S/C18H29N5O2/c1-21(2)17-12-15(5-6-19-17)13-20-18(24)23-9-7-22(8-10-23)14-16-4-3-11-25-16/h5-6,12,16H,3-4,7-11,13-14H2,1-2H3,(H,20,24). The Morgan fingerprint density at radius 2 is 2.16 bits per heavy atom. The zero-order valence-electron chi connectivity index (χ0n) is 15.3. The summed E-state index contributed by atoms with van der Waals surface area (Å²) in [5, 5.41) is 3.02. The monoisotopic (exact) mass is 347 g/mol. The second kappa shape index (κ2) is 8.49. The fraction of sp³-hybridized carbons (Fsp3) is 0.667. The number of aromatic nitrogens is 1. The molecule has 3 rings (SSSR count). The molecule has 1 unspecified atom stereocenters. The Morgan fingerprint density at radius 3 is 2.84 bits per heavy atom. The van der Waals surface area contributed by atoms with Gasteiger partial charge in [0.15, 0.2) is 0 Å². The Labute approximate surface area is 149 Å². The first kappa shape index (κ1) is 17.9. The number of ether oxygens (including phenoxy) is 1. The third-order valence-electron chi connectivity index (χ3n) is 4.86. The van der Waals surface area contributed by atoms with Gasteiger partial charge in [-0.05, 0) is 30.5 Å². The van der Waals surface area contributed by atoms with Gasteiger partial charge in [0.2, 0.25) is 0 Å². The van der Waals surface area contributed by atoms with Crippen molar-refractivity contribution in [2.45, 2.75) is 25.5 Å². The molecule has 25 heavy (non-hydrogen) atoms. The third-order valence-corrected chi connectivity index (χ3v) is 4.86. The Kier molecular flexibility index (Phi) is 6.09. The van der Waals surface area contributed by atoms with Crippen LogP contribution in [0.25, 0.3) is 0 Å². The summed E-state index contributed by atoms with van der Waals surface area (Å²) < 4.78 is 5.70. The molecule has 0 saturated carbocycles. The predicted octanol–water partition coefficient (Wildman–Crippen LogP) is 1.15. The van der Waals surface area contributed by atoms with Crippen LogP contribution in [0.5, 0.6) is 0 Å². The van der Waals surface area contributed by atoms with Crippen molar-refractivity contribution in [3.05, 3.63) is 23.9 Å². The van der Waals surface area contributed by atoms with Crippen molar-refractivity contribution in [1.29, 1.82) is 0 Å². The van der Waals surface area contributed by atoms with Gasteiger partial charge in [0, 0.05) is 66.2 Å². The Balaban J connectivity index is 1.41. The summed E-state index contributed by atoms with van der Waals surface area (Å²) in [7, 11) is 3.92. The zero-order valence-corrected chi connectivity index (χ0v) is 15.3. The van der Waals surface area contributed by atoms with Crippen LogP contribution in [0.1, 0.15) is 18.4 Å². The average molecular weight is 347 g/mol. The van der Waals surface area contributed by atoms with E-state index in [9.17, 15) is 4.79 Å². The van der Waals surface area contributed by atoms with Crippen LogP contribution in [-0.2, 0) is 11.3 Å². The molecule has 3 heterocycles. The minimum Gasteiger partial charge on any atom is -0.377 e. The lowest BCUT2D eigenvalue weighted by molar-refractivity contribution is 0.0561. The smallest absolute Gasteiger partial charge is 0.317 e. The fourth-order valence-electron chi connectivity index (χ4n) is 3.31. The number of piperazine rings is 1. The topological polar surface area (TPSA) is 60.9 Å². The van der Waals surface area contributed by atoms with E-state index in [1.54, 1.807) is 6.20 Å². The quantitative estimate of drug-likeness (QED) is 0.866. The summed E-state index contributed by atoms with van der Waals surface area (Å²) in [6, 6.07) is 3.95. The van der Waals surface area contributed by atoms with Crippen LogP contribution >= 0.6 is 0 Å². The molecule has 138 valence electrons. The molecular formula is C18H29N5O2. The second-order valence-electron chi connectivity index (χ2n) is 7.00. The highest BCUT2D eigenvalue weighted by molar-refractivity contribution is 5.74. The molecule has 2 saturated heterocycles. The number of urea groups is 1. The maximum atomic E-state index is 12.4. The number of nitrogens with zero attached hydrogens (tertiary/aromatic N) is 4. The van der Waals surface area contributed by atoms with E-state index in [4.69, 9.17) is 4.74 Å². The number of nitrogens with one attached hydrogen (secondary N) is 1. The van der Waals surface area contributed by atoms with E-state index in [1.807, 2.05) is 36.0 Å². The highest BCUT2D eigenvalue weighted by Crippen LogP contribution is 2.14. The van der Waals surface area contributed by atoms with Crippen LogP contribution in [0.2, 0.25) is 0 Å². The number of amides is 2. The van der Waals surface area contributed by atoms with Crippen LogP contribution in [0.3, 0.4) is 0 Å². The van der Waals surface area contributed by atoms with Crippen molar-refractivity contribution < 1.29 is 9.53 Å². The van der Waals surface area contributed by atoms with Gasteiger partial charge < -0.3 is 19.9 Å². The van der Waals surface area contributed by atoms with Gasteiger partial charge in [-0.2, -0.15) is 0 Å². The summed E-state index contributed by atoms with van der Waals surface area (Å²) in [6.07, 6.45) is 4.51. The molecule has 1 aromatic heterocycles. The molecule has 7 nitrogen and oxygen atoms in total. The minimum atomic E-state index is 0.0139. The van der Waals surface area contributed by atoms with E-state index in [2.05, 4.69) is 15.2 Å². The summed E-state index contributed by atoms with van der Waals surface area (Å²) in [6.45, 7) is 5.83. The van der Waals surface area contributed by atoms with Crippen molar-refractivity contribution in [3.8, 4) is 0 Å². The van der Waals surface area contributed by atoms with Gasteiger partial charge in [-0.25, -0.2) is 9.78 Å². The first-order valence-electron chi connectivity index (χ1n) is 9.11. The number of rotatable bonds is 5. The number of carbonyl (C=O) groups excluding carboxylic acids is 1. The number of carbonyl (C=O) groups is 1. The molecule has 0 aromatic carbocycles. The Morgan fingerprint density at radius 1 is 1.36 bits per heavy atom. The van der Waals surface area contributed by atoms with E-state index in [1.165, 1.54) is 12.8 Å². The van der Waals surface area contributed by atoms with Crippen LogP contribution in [0, 0.1) is 0 Å². The summed E-state index contributed by atoms with van der Waals surface area (Å²) in [5.41, 5.74) is 1.06. The molecule has 2 amide bonds. The lowest BCUT2D eigenvalue weighted by Crippen LogP contribution is -2.52. The third kappa shape index (κ3) is 5.06. The van der Waals surface area contributed by atoms with Crippen molar-refractivity contribution in [2.75, 3.05) is 58.3 Å². The van der Waals surface area contributed by atoms with Gasteiger partial charge in [0.1, 0.15) is 5.82 Å². The van der Waals surface area contributed by atoms with E-state index in [-0.39, 0.29) is 6.03 Å². The van der Waals surface area contributed by atoms with Crippen LogP contribution in [0.15, 0.2) is 18.3 Å². The van der Waals surface area contributed by atoms with Crippen LogP contribution < -0.4 is 10.2 Å². The maximum Gasteiger partial charge on any atom is 0.317 e. The van der Waals surface area contributed by atoms with Gasteiger partial charge in [0.05, 0.1) is 6.10 Å². The number of anilines is 1. The highest BCUT2D eigenvalue weighted by Gasteiger charge is 2.24. The van der Waals surface area contributed by atoms with Gasteiger partial charge in [-0.15, -0.1) is 0 Å². The van der Waals surface area contributed by atoms with Crippen LogP contribution in [0.4, 0.5) is 10.6 Å². The number of hydrogen-bond donors (Lipinski definition) is 1. The maximum absolute atomic E-state index is 12.4. The molecule has 1 N–H and O–H groups in total. The molecule has 2 aliphatic rings. The van der Waals surface area contributed by atoms with Crippen molar-refractivity contribution in [3.63, 3.8) is 0 Å². The number of pyridine rings is 1. The largest absolute Gasteiger partial charge is 0.377 e. The lowest BCUT2D eigenvalue weighted by atomic mass is 10.2. The Bertz CT molecular complexity index is 566. The highest BCUT2D eigenvalue weighted by atomic mass is 16.5. The average Bonchev–Trinajstić information content (AvgIpc) is 3.13. The molecule has 1 atom stereocenters. The second-order valence-corrected chi connectivity index (χ2v) is 7.00. The van der Waals surface area contributed by atoms with E-state index >= 15 is 0 Å².